The van der Waals surface area contributed by atoms with Gasteiger partial charge in [0, 0.05) is 45.1 Å². The van der Waals surface area contributed by atoms with E-state index in [0.29, 0.717) is 13.1 Å². The molecular formula is C11H20N4. The first-order chi connectivity index (χ1) is 7.26. The molecule has 0 aliphatic carbocycles. The Morgan fingerprint density at radius 3 is 2.40 bits per heavy atom. The third kappa shape index (κ3) is 4.38. The van der Waals surface area contributed by atoms with Crippen molar-refractivity contribution in [1.82, 2.24) is 9.88 Å². The van der Waals surface area contributed by atoms with Gasteiger partial charge in [-0.05, 0) is 18.1 Å². The number of aryl methyl sites for hydroxylation is 1. The van der Waals surface area contributed by atoms with Gasteiger partial charge in [-0.25, -0.2) is 0 Å². The van der Waals surface area contributed by atoms with Gasteiger partial charge in [0.15, 0.2) is 0 Å². The van der Waals surface area contributed by atoms with Crippen LogP contribution in [0.25, 0.3) is 0 Å². The summed E-state index contributed by atoms with van der Waals surface area (Å²) in [5, 5.41) is 0. The van der Waals surface area contributed by atoms with Crippen LogP contribution in [0.2, 0.25) is 0 Å². The van der Waals surface area contributed by atoms with Crippen molar-refractivity contribution in [3.63, 3.8) is 0 Å². The van der Waals surface area contributed by atoms with Crippen LogP contribution in [0.15, 0.2) is 18.5 Å². The number of nitrogens with zero attached hydrogens (tertiary/aromatic N) is 2. The molecule has 1 heterocycles. The van der Waals surface area contributed by atoms with Gasteiger partial charge in [-0.3, -0.25) is 9.88 Å². The zero-order chi connectivity index (χ0) is 11.1. The van der Waals surface area contributed by atoms with E-state index in [1.54, 1.807) is 0 Å². The lowest BCUT2D eigenvalue weighted by molar-refractivity contribution is 0.280. The molecule has 4 nitrogen and oxygen atoms in total. The van der Waals surface area contributed by atoms with Crippen LogP contribution in [0.3, 0.4) is 0 Å². The minimum atomic E-state index is 0.666. The van der Waals surface area contributed by atoms with Gasteiger partial charge in [0.2, 0.25) is 0 Å². The van der Waals surface area contributed by atoms with Crippen molar-refractivity contribution in [2.24, 2.45) is 11.5 Å². The number of hydrogen-bond acceptors (Lipinski definition) is 4. The summed E-state index contributed by atoms with van der Waals surface area (Å²) in [7, 11) is 0. The summed E-state index contributed by atoms with van der Waals surface area (Å²) < 4.78 is 0. The maximum atomic E-state index is 5.55. The molecule has 0 bridgehead atoms. The predicted octanol–water partition coefficient (Wildman–Crippen LogP) is 0.109. The second-order valence-electron chi connectivity index (χ2n) is 3.72. The minimum Gasteiger partial charge on any atom is -0.329 e. The molecule has 0 aliphatic rings. The summed E-state index contributed by atoms with van der Waals surface area (Å²) in [5.74, 6) is 0. The molecule has 4 N–H and O–H groups in total. The predicted molar refractivity (Wildman–Crippen MR) is 62.4 cm³/mol. The highest BCUT2D eigenvalue weighted by Gasteiger charge is 2.04. The van der Waals surface area contributed by atoms with E-state index in [9.17, 15) is 0 Å². The molecule has 1 aromatic rings. The van der Waals surface area contributed by atoms with E-state index in [0.717, 1.165) is 19.6 Å². The second kappa shape index (κ2) is 6.50. The lowest BCUT2D eigenvalue weighted by Gasteiger charge is -2.20. The van der Waals surface area contributed by atoms with Gasteiger partial charge in [-0.1, -0.05) is 6.07 Å². The summed E-state index contributed by atoms with van der Waals surface area (Å²) in [6.45, 7) is 6.02. The molecule has 0 fully saturated rings. The monoisotopic (exact) mass is 208 g/mol. The quantitative estimate of drug-likeness (QED) is 0.696. The zero-order valence-electron chi connectivity index (χ0n) is 9.32. The average Bonchev–Trinajstić information content (AvgIpc) is 2.18. The lowest BCUT2D eigenvalue weighted by Crippen LogP contribution is -2.33. The zero-order valence-corrected chi connectivity index (χ0v) is 9.32. The fraction of sp³-hybridized carbons (Fsp3) is 0.545. The summed E-state index contributed by atoms with van der Waals surface area (Å²) in [6.07, 6.45) is 3.76. The minimum absolute atomic E-state index is 0.666. The molecule has 0 radical (unpaired) electrons. The molecule has 0 aromatic carbocycles. The molecule has 0 spiro atoms. The molecule has 1 aromatic heterocycles. The van der Waals surface area contributed by atoms with Gasteiger partial charge in [-0.15, -0.1) is 0 Å². The summed E-state index contributed by atoms with van der Waals surface area (Å²) in [5.41, 5.74) is 13.5. The molecule has 15 heavy (non-hydrogen) atoms. The fourth-order valence-electron chi connectivity index (χ4n) is 1.60. The van der Waals surface area contributed by atoms with Crippen molar-refractivity contribution in [2.75, 3.05) is 26.2 Å². The molecule has 0 saturated carbocycles. The Bertz CT molecular complexity index is 282. The average molecular weight is 208 g/mol. The maximum absolute atomic E-state index is 5.55. The molecule has 0 unspecified atom stereocenters. The summed E-state index contributed by atoms with van der Waals surface area (Å²) in [4.78, 5) is 6.41. The van der Waals surface area contributed by atoms with Crippen molar-refractivity contribution < 1.29 is 0 Å². The van der Waals surface area contributed by atoms with E-state index < -0.39 is 0 Å². The van der Waals surface area contributed by atoms with E-state index in [2.05, 4.69) is 16.0 Å². The van der Waals surface area contributed by atoms with Gasteiger partial charge in [-0.2, -0.15) is 0 Å². The van der Waals surface area contributed by atoms with Gasteiger partial charge < -0.3 is 11.5 Å². The summed E-state index contributed by atoms with van der Waals surface area (Å²) in [6, 6.07) is 2.15. The highest BCUT2D eigenvalue weighted by atomic mass is 15.1. The largest absolute Gasteiger partial charge is 0.329 e. The van der Waals surface area contributed by atoms with Crippen molar-refractivity contribution in [1.29, 1.82) is 0 Å². The van der Waals surface area contributed by atoms with Crippen molar-refractivity contribution in [3.05, 3.63) is 29.6 Å². The number of hydrogen-bond donors (Lipinski definition) is 2. The van der Waals surface area contributed by atoms with Crippen LogP contribution in [0.5, 0.6) is 0 Å². The van der Waals surface area contributed by atoms with Gasteiger partial charge in [0.05, 0.1) is 0 Å². The molecule has 84 valence electrons. The second-order valence-corrected chi connectivity index (χ2v) is 3.72. The van der Waals surface area contributed by atoms with Crippen LogP contribution in [0, 0.1) is 6.92 Å². The molecule has 0 amide bonds. The topological polar surface area (TPSA) is 68.2 Å². The molecule has 4 heteroatoms. The smallest absolute Gasteiger partial charge is 0.0313 e. The number of rotatable bonds is 6. The van der Waals surface area contributed by atoms with Crippen molar-refractivity contribution in [3.8, 4) is 0 Å². The number of pyridine rings is 1. The Morgan fingerprint density at radius 2 is 1.87 bits per heavy atom. The molecule has 1 rings (SSSR count). The first-order valence-electron chi connectivity index (χ1n) is 5.29. The molecule has 0 atom stereocenters. The lowest BCUT2D eigenvalue weighted by atomic mass is 10.2. The Labute approximate surface area is 91.3 Å². The molecule has 0 aliphatic heterocycles. The van der Waals surface area contributed by atoms with Crippen molar-refractivity contribution in [2.45, 2.75) is 13.5 Å². The Hall–Kier alpha value is -0.970. The van der Waals surface area contributed by atoms with Crippen LogP contribution in [0.4, 0.5) is 0 Å². The third-order valence-electron chi connectivity index (χ3n) is 2.23. The highest BCUT2D eigenvalue weighted by Crippen LogP contribution is 2.04. The normalized spacial score (nSPS) is 10.9. The maximum Gasteiger partial charge on any atom is 0.0313 e. The van der Waals surface area contributed by atoms with Crippen molar-refractivity contribution >= 4 is 0 Å². The van der Waals surface area contributed by atoms with Crippen LogP contribution in [-0.4, -0.2) is 36.1 Å². The Morgan fingerprint density at radius 1 is 1.20 bits per heavy atom. The molecular weight excluding hydrogens is 188 g/mol. The van der Waals surface area contributed by atoms with Crippen LogP contribution < -0.4 is 11.5 Å². The van der Waals surface area contributed by atoms with Crippen LogP contribution in [-0.2, 0) is 6.54 Å². The first kappa shape index (κ1) is 12.1. The Kier molecular flexibility index (Phi) is 5.25. The first-order valence-corrected chi connectivity index (χ1v) is 5.29. The van der Waals surface area contributed by atoms with Gasteiger partial charge in [0.25, 0.3) is 0 Å². The van der Waals surface area contributed by atoms with Gasteiger partial charge >= 0.3 is 0 Å². The highest BCUT2D eigenvalue weighted by molar-refractivity contribution is 5.16. The van der Waals surface area contributed by atoms with Gasteiger partial charge in [0.1, 0.15) is 0 Å². The standard InChI is InChI=1S/C11H20N4/c1-10-6-11(8-14-7-10)9-15(4-2-12)5-3-13/h6-8H,2-5,9,12-13H2,1H3. The summed E-state index contributed by atoms with van der Waals surface area (Å²) >= 11 is 0. The number of aromatic nitrogens is 1. The fourth-order valence-corrected chi connectivity index (χ4v) is 1.60. The van der Waals surface area contributed by atoms with E-state index in [1.807, 2.05) is 19.3 Å². The Balaban J connectivity index is 2.56. The van der Waals surface area contributed by atoms with Crippen LogP contribution in [0.1, 0.15) is 11.1 Å². The number of nitrogens with two attached hydrogens (primary N) is 2. The van der Waals surface area contributed by atoms with E-state index in [1.165, 1.54) is 11.1 Å². The van der Waals surface area contributed by atoms with Crippen LogP contribution >= 0.6 is 0 Å². The van der Waals surface area contributed by atoms with E-state index in [4.69, 9.17) is 11.5 Å². The van der Waals surface area contributed by atoms with E-state index in [-0.39, 0.29) is 0 Å². The molecule has 0 saturated heterocycles. The van der Waals surface area contributed by atoms with E-state index >= 15 is 0 Å². The SMILES string of the molecule is Cc1cncc(CN(CCN)CCN)c1. The third-order valence-corrected chi connectivity index (χ3v) is 2.23.